The van der Waals surface area contributed by atoms with Crippen LogP contribution >= 0.6 is 15.9 Å². The molecule has 0 saturated heterocycles. The van der Waals surface area contributed by atoms with Crippen LogP contribution in [0.15, 0.2) is 0 Å². The molecule has 0 aromatic rings. The van der Waals surface area contributed by atoms with Crippen molar-refractivity contribution in [2.75, 3.05) is 11.9 Å². The van der Waals surface area contributed by atoms with Crippen LogP contribution < -0.4 is 0 Å². The van der Waals surface area contributed by atoms with E-state index in [4.69, 9.17) is 4.74 Å². The van der Waals surface area contributed by atoms with Crippen molar-refractivity contribution in [2.45, 2.75) is 123 Å². The summed E-state index contributed by atoms with van der Waals surface area (Å²) in [5.41, 5.74) is 0. The lowest BCUT2D eigenvalue weighted by molar-refractivity contribution is 0.0365. The van der Waals surface area contributed by atoms with Crippen LogP contribution in [-0.2, 0) is 4.74 Å². The van der Waals surface area contributed by atoms with E-state index in [-0.39, 0.29) is 0 Å². The monoisotopic (exact) mass is 390 g/mol. The summed E-state index contributed by atoms with van der Waals surface area (Å²) in [7, 11) is 0. The molecule has 0 bridgehead atoms. The van der Waals surface area contributed by atoms with Gasteiger partial charge in [0.1, 0.15) is 0 Å². The van der Waals surface area contributed by atoms with Crippen LogP contribution in [0.1, 0.15) is 117 Å². The molecule has 0 aliphatic rings. The molecule has 0 aliphatic carbocycles. The Labute approximate surface area is 155 Å². The van der Waals surface area contributed by atoms with Crippen LogP contribution in [-0.4, -0.2) is 18.0 Å². The van der Waals surface area contributed by atoms with Gasteiger partial charge in [0.25, 0.3) is 0 Å². The van der Waals surface area contributed by atoms with Gasteiger partial charge in [-0.15, -0.1) is 0 Å². The van der Waals surface area contributed by atoms with E-state index in [0.717, 1.165) is 6.61 Å². The average molecular weight is 391 g/mol. The molecule has 0 radical (unpaired) electrons. The zero-order valence-electron chi connectivity index (χ0n) is 16.1. The predicted octanol–water partition coefficient (Wildman–Crippen LogP) is 8.05. The smallest absolute Gasteiger partial charge is 0.0575 e. The summed E-state index contributed by atoms with van der Waals surface area (Å²) in [4.78, 5) is 0. The Morgan fingerprint density at radius 1 is 0.609 bits per heavy atom. The first-order valence-corrected chi connectivity index (χ1v) is 11.6. The lowest BCUT2D eigenvalue weighted by Crippen LogP contribution is -2.14. The third kappa shape index (κ3) is 18.6. The Kier molecular flexibility index (Phi) is 20.9. The summed E-state index contributed by atoms with van der Waals surface area (Å²) in [6.07, 6.45) is 22.3. The Hall–Kier alpha value is 0.440. The van der Waals surface area contributed by atoms with Gasteiger partial charge in [-0.1, -0.05) is 107 Å². The van der Waals surface area contributed by atoms with Gasteiger partial charge >= 0.3 is 0 Å². The van der Waals surface area contributed by atoms with Crippen LogP contribution in [0, 0.1) is 0 Å². The number of alkyl halides is 1. The SMILES string of the molecule is CCCCCC(CCCCCCCCCCCBr)OCCCC. The number of rotatable bonds is 19. The van der Waals surface area contributed by atoms with Gasteiger partial charge in [-0.3, -0.25) is 0 Å². The fourth-order valence-electron chi connectivity index (χ4n) is 3.03. The highest BCUT2D eigenvalue weighted by molar-refractivity contribution is 9.09. The quantitative estimate of drug-likeness (QED) is 0.160. The second-order valence-corrected chi connectivity index (χ2v) is 7.79. The molecule has 2 heteroatoms. The number of ether oxygens (including phenoxy) is 1. The summed E-state index contributed by atoms with van der Waals surface area (Å²) in [6, 6.07) is 0. The lowest BCUT2D eigenvalue weighted by atomic mass is 10.0. The molecule has 140 valence electrons. The Bertz CT molecular complexity index is 198. The van der Waals surface area contributed by atoms with E-state index in [2.05, 4.69) is 29.8 Å². The molecule has 23 heavy (non-hydrogen) atoms. The first-order valence-electron chi connectivity index (χ1n) is 10.5. The van der Waals surface area contributed by atoms with E-state index in [1.54, 1.807) is 0 Å². The summed E-state index contributed by atoms with van der Waals surface area (Å²) in [6.45, 7) is 5.50. The molecule has 0 rings (SSSR count). The van der Waals surface area contributed by atoms with Crippen LogP contribution in [0.5, 0.6) is 0 Å². The second-order valence-electron chi connectivity index (χ2n) is 7.00. The molecule has 1 unspecified atom stereocenters. The van der Waals surface area contributed by atoms with Gasteiger partial charge in [0.15, 0.2) is 0 Å². The van der Waals surface area contributed by atoms with Crippen molar-refractivity contribution in [2.24, 2.45) is 0 Å². The van der Waals surface area contributed by atoms with Gasteiger partial charge < -0.3 is 4.74 Å². The van der Waals surface area contributed by atoms with Crippen molar-refractivity contribution in [3.8, 4) is 0 Å². The zero-order valence-corrected chi connectivity index (χ0v) is 17.7. The summed E-state index contributed by atoms with van der Waals surface area (Å²) in [5.74, 6) is 0. The molecule has 0 aliphatic heterocycles. The molecular weight excluding hydrogens is 348 g/mol. The van der Waals surface area contributed by atoms with E-state index in [1.807, 2.05) is 0 Å². The Morgan fingerprint density at radius 3 is 1.61 bits per heavy atom. The first-order chi connectivity index (χ1) is 11.3. The number of unbranched alkanes of at least 4 members (excludes halogenated alkanes) is 11. The number of hydrogen-bond donors (Lipinski definition) is 0. The Balaban J connectivity index is 3.48. The standard InChI is InChI=1S/C21H43BrO/c1-3-5-14-17-21(23-20-6-4-2)18-15-12-10-8-7-9-11-13-16-19-22/h21H,3-20H2,1-2H3. The van der Waals surface area contributed by atoms with E-state index in [1.165, 1.54) is 108 Å². The maximum atomic E-state index is 6.11. The van der Waals surface area contributed by atoms with Crippen LogP contribution in [0.2, 0.25) is 0 Å². The summed E-state index contributed by atoms with van der Waals surface area (Å²) >= 11 is 3.50. The molecular formula is C21H43BrO. The zero-order chi connectivity index (χ0) is 17.0. The van der Waals surface area contributed by atoms with Crippen LogP contribution in [0.25, 0.3) is 0 Å². The van der Waals surface area contributed by atoms with E-state index < -0.39 is 0 Å². The minimum absolute atomic E-state index is 0.539. The molecule has 0 amide bonds. The minimum Gasteiger partial charge on any atom is -0.378 e. The third-order valence-electron chi connectivity index (χ3n) is 4.64. The van der Waals surface area contributed by atoms with Crippen molar-refractivity contribution < 1.29 is 4.74 Å². The van der Waals surface area contributed by atoms with E-state index in [0.29, 0.717) is 6.10 Å². The number of hydrogen-bond acceptors (Lipinski definition) is 1. The van der Waals surface area contributed by atoms with Crippen molar-refractivity contribution in [3.05, 3.63) is 0 Å². The van der Waals surface area contributed by atoms with Gasteiger partial charge in [0.2, 0.25) is 0 Å². The van der Waals surface area contributed by atoms with Gasteiger partial charge in [0.05, 0.1) is 6.10 Å². The normalized spacial score (nSPS) is 12.7. The highest BCUT2D eigenvalue weighted by Gasteiger charge is 2.08. The molecule has 1 atom stereocenters. The fourth-order valence-corrected chi connectivity index (χ4v) is 3.43. The largest absolute Gasteiger partial charge is 0.378 e. The molecule has 0 fully saturated rings. The average Bonchev–Trinajstić information content (AvgIpc) is 2.56. The van der Waals surface area contributed by atoms with Gasteiger partial charge in [0, 0.05) is 11.9 Å². The molecule has 0 spiro atoms. The molecule has 0 heterocycles. The van der Waals surface area contributed by atoms with Crippen molar-refractivity contribution in [1.82, 2.24) is 0 Å². The summed E-state index contributed by atoms with van der Waals surface area (Å²) < 4.78 is 6.11. The Morgan fingerprint density at radius 2 is 1.09 bits per heavy atom. The number of halogens is 1. The lowest BCUT2D eigenvalue weighted by Gasteiger charge is -2.18. The first kappa shape index (κ1) is 23.4. The maximum Gasteiger partial charge on any atom is 0.0575 e. The molecule has 1 nitrogen and oxygen atoms in total. The van der Waals surface area contributed by atoms with Crippen molar-refractivity contribution in [1.29, 1.82) is 0 Å². The van der Waals surface area contributed by atoms with Crippen molar-refractivity contribution in [3.63, 3.8) is 0 Å². The van der Waals surface area contributed by atoms with Gasteiger partial charge in [-0.25, -0.2) is 0 Å². The van der Waals surface area contributed by atoms with Crippen LogP contribution in [0.3, 0.4) is 0 Å². The molecule has 0 aromatic carbocycles. The topological polar surface area (TPSA) is 9.23 Å². The van der Waals surface area contributed by atoms with Crippen LogP contribution in [0.4, 0.5) is 0 Å². The van der Waals surface area contributed by atoms with Gasteiger partial charge in [-0.05, 0) is 25.7 Å². The fraction of sp³-hybridized carbons (Fsp3) is 1.00. The maximum absolute atomic E-state index is 6.11. The predicted molar refractivity (Wildman–Crippen MR) is 109 cm³/mol. The molecule has 0 N–H and O–H groups in total. The molecule has 0 saturated carbocycles. The highest BCUT2D eigenvalue weighted by Crippen LogP contribution is 2.16. The third-order valence-corrected chi connectivity index (χ3v) is 5.20. The minimum atomic E-state index is 0.539. The second kappa shape index (κ2) is 20.5. The highest BCUT2D eigenvalue weighted by atomic mass is 79.9. The molecule has 0 aromatic heterocycles. The van der Waals surface area contributed by atoms with E-state index >= 15 is 0 Å². The van der Waals surface area contributed by atoms with Crippen molar-refractivity contribution >= 4 is 15.9 Å². The van der Waals surface area contributed by atoms with E-state index in [9.17, 15) is 0 Å². The van der Waals surface area contributed by atoms with Gasteiger partial charge in [-0.2, -0.15) is 0 Å². The summed E-state index contributed by atoms with van der Waals surface area (Å²) in [5, 5.41) is 1.17.